The molecule has 1 aliphatic rings. The van der Waals surface area contributed by atoms with Crippen molar-refractivity contribution >= 4 is 23.5 Å². The molecule has 2 heterocycles. The number of hydrogen-bond acceptors (Lipinski definition) is 7. The molecule has 0 bridgehead atoms. The van der Waals surface area contributed by atoms with Crippen molar-refractivity contribution in [3.05, 3.63) is 66.0 Å². The van der Waals surface area contributed by atoms with Gasteiger partial charge in [0.05, 0.1) is 11.8 Å². The number of nitrogens with zero attached hydrogens (tertiary/aromatic N) is 3. The fourth-order valence-corrected chi connectivity index (χ4v) is 4.12. The van der Waals surface area contributed by atoms with Crippen LogP contribution in [0.1, 0.15) is 24.4 Å². The van der Waals surface area contributed by atoms with Crippen molar-refractivity contribution in [1.29, 1.82) is 0 Å². The number of rotatable bonds is 8. The van der Waals surface area contributed by atoms with E-state index < -0.39 is 12.1 Å². The number of fused-ring (bicyclic) bond motifs is 1. The van der Waals surface area contributed by atoms with Crippen LogP contribution in [0.3, 0.4) is 0 Å². The fourth-order valence-electron chi connectivity index (χ4n) is 3.39. The van der Waals surface area contributed by atoms with E-state index >= 15 is 0 Å². The number of benzene rings is 2. The number of ether oxygens (including phenoxy) is 2. The minimum Gasteiger partial charge on any atom is -0.485 e. The van der Waals surface area contributed by atoms with Crippen molar-refractivity contribution in [2.45, 2.75) is 30.6 Å². The van der Waals surface area contributed by atoms with Crippen molar-refractivity contribution in [2.24, 2.45) is 7.05 Å². The van der Waals surface area contributed by atoms with Crippen molar-refractivity contribution in [1.82, 2.24) is 20.1 Å². The molecule has 166 valence electrons. The summed E-state index contributed by atoms with van der Waals surface area (Å²) in [5, 5.41) is 11.8. The van der Waals surface area contributed by atoms with Crippen LogP contribution in [0, 0.1) is 0 Å². The highest BCUT2D eigenvalue weighted by Crippen LogP contribution is 2.35. The van der Waals surface area contributed by atoms with Crippen LogP contribution in [0.25, 0.3) is 0 Å². The number of aromatic nitrogens is 3. The van der Waals surface area contributed by atoms with E-state index in [2.05, 4.69) is 15.5 Å². The number of nitrogens with one attached hydrogen (secondary N) is 1. The Bertz CT molecular complexity index is 1100. The molecule has 2 atom stereocenters. The summed E-state index contributed by atoms with van der Waals surface area (Å²) >= 11 is 1.26. The van der Waals surface area contributed by atoms with Gasteiger partial charge in [0, 0.05) is 7.05 Å². The van der Waals surface area contributed by atoms with Crippen molar-refractivity contribution < 1.29 is 19.1 Å². The van der Waals surface area contributed by atoms with Gasteiger partial charge in [0.25, 0.3) is 0 Å². The normalized spacial score (nSPS) is 15.8. The van der Waals surface area contributed by atoms with Gasteiger partial charge in [-0.15, -0.1) is 10.2 Å². The predicted octanol–water partition coefficient (Wildman–Crippen LogP) is 2.74. The number of amides is 1. The number of para-hydroxylation sites is 2. The van der Waals surface area contributed by atoms with Crippen LogP contribution < -0.4 is 14.8 Å². The molecule has 1 aromatic heterocycles. The Balaban J connectivity index is 1.34. The molecular formula is C23H24N4O4S. The third-order valence-corrected chi connectivity index (χ3v) is 6.13. The van der Waals surface area contributed by atoms with Crippen molar-refractivity contribution in [3.63, 3.8) is 0 Å². The Morgan fingerprint density at radius 3 is 2.59 bits per heavy atom. The lowest BCUT2D eigenvalue weighted by molar-refractivity contribution is -0.125. The molecule has 9 heteroatoms. The molecule has 0 fully saturated rings. The number of carbonyl (C=O) groups excluding carboxylic acids is 2. The minimum atomic E-state index is -0.562. The predicted molar refractivity (Wildman–Crippen MR) is 120 cm³/mol. The van der Waals surface area contributed by atoms with E-state index in [1.165, 1.54) is 18.7 Å². The first-order chi connectivity index (χ1) is 15.5. The lowest BCUT2D eigenvalue weighted by Crippen LogP contribution is -2.42. The SMILES string of the molecule is CC(=O)C(Cc1ccccc1)NC(=O)CSc1nnc(C2COc3ccccc3O2)n1C. The Hall–Kier alpha value is -3.33. The highest BCUT2D eigenvalue weighted by Gasteiger charge is 2.27. The van der Waals surface area contributed by atoms with Gasteiger partial charge >= 0.3 is 0 Å². The topological polar surface area (TPSA) is 95.3 Å². The molecule has 1 aliphatic heterocycles. The molecule has 2 unspecified atom stereocenters. The third-order valence-electron chi connectivity index (χ3n) is 5.11. The summed E-state index contributed by atoms with van der Waals surface area (Å²) in [6.45, 7) is 1.81. The van der Waals surface area contributed by atoms with Crippen LogP contribution >= 0.6 is 11.8 Å². The van der Waals surface area contributed by atoms with E-state index in [1.807, 2.05) is 61.6 Å². The molecule has 3 aromatic rings. The molecule has 1 amide bonds. The number of ketones is 1. The lowest BCUT2D eigenvalue weighted by atomic mass is 10.0. The third kappa shape index (κ3) is 5.11. The van der Waals surface area contributed by atoms with E-state index in [-0.39, 0.29) is 17.4 Å². The largest absolute Gasteiger partial charge is 0.485 e. The van der Waals surface area contributed by atoms with E-state index in [0.29, 0.717) is 35.5 Å². The molecular weight excluding hydrogens is 428 g/mol. The maximum Gasteiger partial charge on any atom is 0.231 e. The van der Waals surface area contributed by atoms with Gasteiger partial charge in [-0.3, -0.25) is 9.59 Å². The highest BCUT2D eigenvalue weighted by atomic mass is 32.2. The highest BCUT2D eigenvalue weighted by molar-refractivity contribution is 7.99. The van der Waals surface area contributed by atoms with E-state index in [1.54, 1.807) is 4.57 Å². The van der Waals surface area contributed by atoms with E-state index in [0.717, 1.165) is 5.56 Å². The van der Waals surface area contributed by atoms with Gasteiger partial charge < -0.3 is 19.4 Å². The smallest absolute Gasteiger partial charge is 0.231 e. The molecule has 32 heavy (non-hydrogen) atoms. The molecule has 0 spiro atoms. The zero-order chi connectivity index (χ0) is 22.5. The number of Topliss-reactive ketones (excluding diaryl/α,β-unsaturated/α-hetero) is 1. The van der Waals surface area contributed by atoms with Gasteiger partial charge in [-0.2, -0.15) is 0 Å². The zero-order valence-electron chi connectivity index (χ0n) is 17.9. The lowest BCUT2D eigenvalue weighted by Gasteiger charge is -2.25. The van der Waals surface area contributed by atoms with Crippen molar-refractivity contribution in [3.8, 4) is 11.5 Å². The van der Waals surface area contributed by atoms with Crippen LogP contribution in [0.15, 0.2) is 59.8 Å². The molecule has 0 radical (unpaired) electrons. The first kappa shape index (κ1) is 21.9. The first-order valence-corrected chi connectivity index (χ1v) is 11.2. The molecule has 8 nitrogen and oxygen atoms in total. The number of carbonyl (C=O) groups is 2. The Kier molecular flexibility index (Phi) is 6.75. The average Bonchev–Trinajstić information content (AvgIpc) is 3.17. The van der Waals surface area contributed by atoms with Gasteiger partial charge in [0.2, 0.25) is 5.91 Å². The van der Waals surface area contributed by atoms with Crippen molar-refractivity contribution in [2.75, 3.05) is 12.4 Å². The Morgan fingerprint density at radius 1 is 1.12 bits per heavy atom. The maximum absolute atomic E-state index is 12.5. The summed E-state index contributed by atoms with van der Waals surface area (Å²) in [4.78, 5) is 24.5. The molecule has 0 saturated heterocycles. The summed E-state index contributed by atoms with van der Waals surface area (Å²) in [6.07, 6.45) is 0.0693. The Labute approximate surface area is 190 Å². The molecule has 1 N–H and O–H groups in total. The Morgan fingerprint density at radius 2 is 1.84 bits per heavy atom. The second kappa shape index (κ2) is 9.86. The van der Waals surface area contributed by atoms with Crippen LogP contribution in [0.5, 0.6) is 11.5 Å². The standard InChI is InChI=1S/C23H24N4O4S/c1-15(28)17(12-16-8-4-3-5-9-16)24-21(29)14-32-23-26-25-22(27(23)2)20-13-30-18-10-6-7-11-19(18)31-20/h3-11,17,20H,12-14H2,1-2H3,(H,24,29). The monoisotopic (exact) mass is 452 g/mol. The molecule has 4 rings (SSSR count). The molecule has 0 saturated carbocycles. The summed E-state index contributed by atoms with van der Waals surface area (Å²) < 4.78 is 13.6. The summed E-state index contributed by atoms with van der Waals surface area (Å²) in [6, 6.07) is 16.5. The summed E-state index contributed by atoms with van der Waals surface area (Å²) in [5.74, 6) is 1.79. The summed E-state index contributed by atoms with van der Waals surface area (Å²) in [5.41, 5.74) is 0.995. The van der Waals surface area contributed by atoms with Crippen LogP contribution in [0.2, 0.25) is 0 Å². The van der Waals surface area contributed by atoms with Gasteiger partial charge in [0.1, 0.15) is 6.61 Å². The van der Waals surface area contributed by atoms with Crippen LogP contribution in [-0.4, -0.2) is 44.9 Å². The maximum atomic E-state index is 12.5. The first-order valence-electron chi connectivity index (χ1n) is 10.3. The van der Waals surface area contributed by atoms with E-state index in [9.17, 15) is 9.59 Å². The minimum absolute atomic E-state index is 0.0807. The number of hydrogen-bond donors (Lipinski definition) is 1. The van der Waals surface area contributed by atoms with Gasteiger partial charge in [0.15, 0.2) is 34.4 Å². The average molecular weight is 453 g/mol. The van der Waals surface area contributed by atoms with Gasteiger partial charge in [-0.05, 0) is 31.0 Å². The zero-order valence-corrected chi connectivity index (χ0v) is 18.7. The molecule has 2 aromatic carbocycles. The number of thioether (sulfide) groups is 1. The second-order valence-corrected chi connectivity index (χ2v) is 8.42. The quantitative estimate of drug-likeness (QED) is 0.525. The van der Waals surface area contributed by atoms with Gasteiger partial charge in [-0.25, -0.2) is 0 Å². The van der Waals surface area contributed by atoms with E-state index in [4.69, 9.17) is 9.47 Å². The summed E-state index contributed by atoms with van der Waals surface area (Å²) in [7, 11) is 1.83. The molecule has 0 aliphatic carbocycles. The second-order valence-electron chi connectivity index (χ2n) is 7.47. The van der Waals surface area contributed by atoms with Crippen LogP contribution in [-0.2, 0) is 23.1 Å². The fraction of sp³-hybridized carbons (Fsp3) is 0.304. The van der Waals surface area contributed by atoms with Gasteiger partial charge in [-0.1, -0.05) is 54.2 Å². The van der Waals surface area contributed by atoms with Crippen LogP contribution in [0.4, 0.5) is 0 Å².